The van der Waals surface area contributed by atoms with Crippen molar-refractivity contribution in [1.29, 1.82) is 0 Å². The first-order valence-corrected chi connectivity index (χ1v) is 8.87. The Bertz CT molecular complexity index is 921. The van der Waals surface area contributed by atoms with Crippen molar-refractivity contribution in [2.45, 2.75) is 27.2 Å². The Morgan fingerprint density at radius 1 is 1.32 bits per heavy atom. The van der Waals surface area contributed by atoms with Crippen LogP contribution in [0.2, 0.25) is 0 Å². The van der Waals surface area contributed by atoms with Gasteiger partial charge >= 0.3 is 0 Å². The molecule has 6 nitrogen and oxygen atoms in total. The van der Waals surface area contributed by atoms with E-state index in [1.165, 1.54) is 11.2 Å². The van der Waals surface area contributed by atoms with Gasteiger partial charge in [-0.15, -0.1) is 11.3 Å². The van der Waals surface area contributed by atoms with Gasteiger partial charge in [0.25, 0.3) is 0 Å². The van der Waals surface area contributed by atoms with Crippen molar-refractivity contribution in [2.75, 3.05) is 12.0 Å². The van der Waals surface area contributed by atoms with Crippen LogP contribution in [0.1, 0.15) is 29.3 Å². The van der Waals surface area contributed by atoms with Crippen LogP contribution in [-0.2, 0) is 0 Å². The minimum atomic E-state index is 0.120. The first kappa shape index (κ1) is 17.2. The summed E-state index contributed by atoms with van der Waals surface area (Å²) in [5.41, 5.74) is 4.70. The molecule has 0 bridgehead atoms. The van der Waals surface area contributed by atoms with Crippen LogP contribution >= 0.6 is 11.3 Å². The number of ether oxygens (including phenoxy) is 1. The van der Waals surface area contributed by atoms with Crippen molar-refractivity contribution < 1.29 is 9.84 Å². The van der Waals surface area contributed by atoms with Crippen molar-refractivity contribution in [3.63, 3.8) is 0 Å². The van der Waals surface area contributed by atoms with E-state index < -0.39 is 0 Å². The molecule has 7 heteroatoms. The number of aromatic nitrogens is 2. The molecule has 130 valence electrons. The molecule has 0 unspecified atom stereocenters. The number of rotatable bonds is 6. The summed E-state index contributed by atoms with van der Waals surface area (Å²) in [5, 5.41) is 15.3. The number of hydrazone groups is 1. The fourth-order valence-corrected chi connectivity index (χ4v) is 3.37. The smallest absolute Gasteiger partial charge is 0.158 e. The second-order valence-electron chi connectivity index (χ2n) is 5.62. The summed E-state index contributed by atoms with van der Waals surface area (Å²) >= 11 is 1.64. The topological polar surface area (TPSA) is 79.6 Å². The fraction of sp³-hybridized carbons (Fsp3) is 0.278. The number of nitrogens with zero attached hydrogens (tertiary/aromatic N) is 3. The summed E-state index contributed by atoms with van der Waals surface area (Å²) in [6.07, 6.45) is 4.00. The van der Waals surface area contributed by atoms with Crippen molar-refractivity contribution in [3.05, 3.63) is 40.5 Å². The summed E-state index contributed by atoms with van der Waals surface area (Å²) in [6.45, 7) is 6.77. The Hall–Kier alpha value is -2.67. The number of thiophene rings is 1. The Balaban J connectivity index is 1.78. The summed E-state index contributed by atoms with van der Waals surface area (Å²) in [7, 11) is 0. The molecule has 2 aromatic heterocycles. The first-order chi connectivity index (χ1) is 12.1. The molecule has 3 rings (SSSR count). The highest BCUT2D eigenvalue weighted by molar-refractivity contribution is 7.18. The van der Waals surface area contributed by atoms with E-state index in [9.17, 15) is 5.11 Å². The lowest BCUT2D eigenvalue weighted by Gasteiger charge is -2.06. The predicted octanol–water partition coefficient (Wildman–Crippen LogP) is 4.25. The molecule has 0 amide bonds. The second kappa shape index (κ2) is 7.48. The third-order valence-corrected chi connectivity index (χ3v) is 4.93. The van der Waals surface area contributed by atoms with Gasteiger partial charge in [0, 0.05) is 16.5 Å². The molecule has 25 heavy (non-hydrogen) atoms. The molecule has 2 N–H and O–H groups in total. The van der Waals surface area contributed by atoms with E-state index in [-0.39, 0.29) is 5.75 Å². The highest BCUT2D eigenvalue weighted by Gasteiger charge is 2.11. The summed E-state index contributed by atoms with van der Waals surface area (Å²) in [5.74, 6) is 1.42. The second-order valence-corrected chi connectivity index (χ2v) is 6.83. The molecule has 0 atom stereocenters. The lowest BCUT2D eigenvalue weighted by molar-refractivity contribution is 0.315. The molecule has 1 aromatic carbocycles. The molecule has 0 saturated carbocycles. The Morgan fingerprint density at radius 2 is 2.16 bits per heavy atom. The Labute approximate surface area is 150 Å². The Morgan fingerprint density at radius 3 is 2.92 bits per heavy atom. The SMILES string of the molecule is CCCOc1ccc(/C=N/Nc2ncnc3sc(C)c(C)c23)c(O)c1. The molecule has 0 fully saturated rings. The van der Waals surface area contributed by atoms with E-state index in [4.69, 9.17) is 4.74 Å². The Kier molecular flexibility index (Phi) is 5.14. The highest BCUT2D eigenvalue weighted by Crippen LogP contribution is 2.32. The predicted molar refractivity (Wildman–Crippen MR) is 102 cm³/mol. The summed E-state index contributed by atoms with van der Waals surface area (Å²) in [4.78, 5) is 10.7. The molecule has 0 aliphatic heterocycles. The van der Waals surface area contributed by atoms with Crippen molar-refractivity contribution in [3.8, 4) is 11.5 Å². The van der Waals surface area contributed by atoms with E-state index in [1.807, 2.05) is 19.9 Å². The number of hydrogen-bond acceptors (Lipinski definition) is 7. The highest BCUT2D eigenvalue weighted by atomic mass is 32.1. The van der Waals surface area contributed by atoms with E-state index in [0.29, 0.717) is 23.7 Å². The molecule has 0 saturated heterocycles. The zero-order chi connectivity index (χ0) is 17.8. The van der Waals surface area contributed by atoms with Crippen LogP contribution in [0.5, 0.6) is 11.5 Å². The number of aryl methyl sites for hydroxylation is 2. The van der Waals surface area contributed by atoms with Gasteiger partial charge in [0.15, 0.2) is 5.82 Å². The average Bonchev–Trinajstić information content (AvgIpc) is 2.90. The zero-order valence-electron chi connectivity index (χ0n) is 14.4. The number of phenols is 1. The minimum absolute atomic E-state index is 0.120. The fourth-order valence-electron chi connectivity index (χ4n) is 2.37. The van der Waals surface area contributed by atoms with Crippen LogP contribution in [-0.4, -0.2) is 27.9 Å². The molecule has 0 radical (unpaired) electrons. The molecular formula is C18H20N4O2S. The lowest BCUT2D eigenvalue weighted by Crippen LogP contribution is -1.97. The molecular weight excluding hydrogens is 336 g/mol. The van der Waals surface area contributed by atoms with Gasteiger partial charge in [0.05, 0.1) is 18.2 Å². The quantitative estimate of drug-likeness (QED) is 0.510. The van der Waals surface area contributed by atoms with Gasteiger partial charge in [-0.05, 0) is 38.0 Å². The van der Waals surface area contributed by atoms with Crippen molar-refractivity contribution >= 4 is 33.6 Å². The maximum atomic E-state index is 10.1. The number of benzene rings is 1. The monoisotopic (exact) mass is 356 g/mol. The van der Waals surface area contributed by atoms with Gasteiger partial charge in [0.1, 0.15) is 22.7 Å². The number of aromatic hydroxyl groups is 1. The van der Waals surface area contributed by atoms with Gasteiger partial charge < -0.3 is 9.84 Å². The van der Waals surface area contributed by atoms with Crippen LogP contribution in [0, 0.1) is 13.8 Å². The third-order valence-electron chi connectivity index (χ3n) is 3.81. The minimum Gasteiger partial charge on any atom is -0.507 e. The number of phenolic OH excluding ortho intramolecular Hbond substituents is 1. The summed E-state index contributed by atoms with van der Waals surface area (Å²) in [6, 6.07) is 5.17. The average molecular weight is 356 g/mol. The van der Waals surface area contributed by atoms with Gasteiger partial charge in [-0.1, -0.05) is 6.92 Å². The van der Waals surface area contributed by atoms with Crippen molar-refractivity contribution in [2.24, 2.45) is 5.10 Å². The normalized spacial score (nSPS) is 11.3. The number of fused-ring (bicyclic) bond motifs is 1. The standard InChI is InChI=1S/C18H20N4O2S/c1-4-7-24-14-6-5-13(15(23)8-14)9-21-22-17-16-11(2)12(3)25-18(16)20-10-19-17/h5-6,8-10,23H,4,7H2,1-3H3,(H,19,20,22)/b21-9+. The van der Waals surface area contributed by atoms with Crippen molar-refractivity contribution in [1.82, 2.24) is 9.97 Å². The van der Waals surface area contributed by atoms with E-state index in [0.717, 1.165) is 22.2 Å². The van der Waals surface area contributed by atoms with E-state index in [1.54, 1.807) is 29.7 Å². The van der Waals surface area contributed by atoms with Crippen LogP contribution in [0.4, 0.5) is 5.82 Å². The largest absolute Gasteiger partial charge is 0.507 e. The lowest BCUT2D eigenvalue weighted by atomic mass is 10.2. The number of nitrogens with one attached hydrogen (secondary N) is 1. The van der Waals surface area contributed by atoms with Gasteiger partial charge in [-0.3, -0.25) is 5.43 Å². The van der Waals surface area contributed by atoms with Crippen LogP contribution < -0.4 is 10.2 Å². The maximum absolute atomic E-state index is 10.1. The zero-order valence-corrected chi connectivity index (χ0v) is 15.2. The molecule has 0 aliphatic carbocycles. The third kappa shape index (κ3) is 3.71. The van der Waals surface area contributed by atoms with Crippen LogP contribution in [0.25, 0.3) is 10.2 Å². The molecule has 2 heterocycles. The van der Waals surface area contributed by atoms with E-state index >= 15 is 0 Å². The maximum Gasteiger partial charge on any atom is 0.158 e. The van der Waals surface area contributed by atoms with Gasteiger partial charge in [0.2, 0.25) is 0 Å². The number of hydrogen-bond donors (Lipinski definition) is 2. The summed E-state index contributed by atoms with van der Waals surface area (Å²) < 4.78 is 5.49. The molecule has 0 spiro atoms. The van der Waals surface area contributed by atoms with Crippen LogP contribution in [0.3, 0.4) is 0 Å². The van der Waals surface area contributed by atoms with Gasteiger partial charge in [-0.2, -0.15) is 5.10 Å². The first-order valence-electron chi connectivity index (χ1n) is 8.05. The van der Waals surface area contributed by atoms with E-state index in [2.05, 4.69) is 27.4 Å². The van der Waals surface area contributed by atoms with Crippen LogP contribution in [0.15, 0.2) is 29.6 Å². The molecule has 0 aliphatic rings. The molecule has 3 aromatic rings. The number of anilines is 1. The van der Waals surface area contributed by atoms with Gasteiger partial charge in [-0.25, -0.2) is 9.97 Å².